The summed E-state index contributed by atoms with van der Waals surface area (Å²) < 4.78 is 38.3. The Morgan fingerprint density at radius 3 is 2.96 bits per heavy atom. The van der Waals surface area contributed by atoms with Crippen molar-refractivity contribution in [1.29, 1.82) is 0 Å². The molecule has 1 saturated heterocycles. The van der Waals surface area contributed by atoms with Gasteiger partial charge in [-0.1, -0.05) is 6.07 Å². The van der Waals surface area contributed by atoms with Crippen LogP contribution in [0.5, 0.6) is 0 Å². The van der Waals surface area contributed by atoms with E-state index >= 15 is 0 Å². The summed E-state index contributed by atoms with van der Waals surface area (Å²) in [5.74, 6) is -0.176. The van der Waals surface area contributed by atoms with E-state index in [1.807, 2.05) is 10.9 Å². The van der Waals surface area contributed by atoms with Gasteiger partial charge in [-0.25, -0.2) is 4.98 Å². The highest BCUT2D eigenvalue weighted by Gasteiger charge is 2.31. The molecule has 3 rings (SSSR count). The van der Waals surface area contributed by atoms with Crippen molar-refractivity contribution in [3.8, 4) is 0 Å². The van der Waals surface area contributed by atoms with E-state index in [4.69, 9.17) is 0 Å². The van der Waals surface area contributed by atoms with Gasteiger partial charge in [0.25, 0.3) is 5.91 Å². The van der Waals surface area contributed by atoms with Gasteiger partial charge in [0.05, 0.1) is 16.8 Å². The van der Waals surface area contributed by atoms with Gasteiger partial charge in [-0.3, -0.25) is 9.69 Å². The van der Waals surface area contributed by atoms with Crippen LogP contribution in [0.15, 0.2) is 35.2 Å². The number of halogens is 3. The first-order valence-electron chi connectivity index (χ1n) is 8.46. The standard InChI is InChI=1S/C18H20F3N3OS/c19-18(20,21)15-5-1-4-14(7-15)17(25)22-8-13-3-2-6-24(9-13)10-16-11-26-12-23-16/h1,4-5,7,11-13H,2-3,6,8-10H2,(H,22,25). The SMILES string of the molecule is O=C(NCC1CCCN(Cc2cscn2)C1)c1cccc(C(F)(F)F)c1. The zero-order valence-electron chi connectivity index (χ0n) is 14.1. The number of alkyl halides is 3. The van der Waals surface area contributed by atoms with Crippen molar-refractivity contribution in [1.82, 2.24) is 15.2 Å². The minimum absolute atomic E-state index is 0.0370. The first-order valence-corrected chi connectivity index (χ1v) is 9.41. The third-order valence-electron chi connectivity index (χ3n) is 4.48. The lowest BCUT2D eigenvalue weighted by Crippen LogP contribution is -2.40. The number of carbonyl (C=O) groups excluding carboxylic acids is 1. The number of nitrogens with one attached hydrogen (secondary N) is 1. The molecule has 0 aliphatic carbocycles. The molecule has 140 valence electrons. The Kier molecular flexibility index (Phi) is 5.93. The zero-order chi connectivity index (χ0) is 18.6. The molecular weight excluding hydrogens is 363 g/mol. The summed E-state index contributed by atoms with van der Waals surface area (Å²) in [5, 5.41) is 4.81. The summed E-state index contributed by atoms with van der Waals surface area (Å²) in [5.41, 5.74) is 2.09. The number of likely N-dealkylation sites (tertiary alicyclic amines) is 1. The molecule has 8 heteroatoms. The van der Waals surface area contributed by atoms with Crippen LogP contribution in [0.3, 0.4) is 0 Å². The van der Waals surface area contributed by atoms with Gasteiger partial charge in [-0.05, 0) is 43.5 Å². The number of aromatic nitrogens is 1. The summed E-state index contributed by atoms with van der Waals surface area (Å²) in [7, 11) is 0. The number of rotatable bonds is 5. The van der Waals surface area contributed by atoms with Crippen molar-refractivity contribution < 1.29 is 18.0 Å². The van der Waals surface area contributed by atoms with Crippen LogP contribution in [0.4, 0.5) is 13.2 Å². The van der Waals surface area contributed by atoms with Crippen molar-refractivity contribution in [2.45, 2.75) is 25.6 Å². The Morgan fingerprint density at radius 1 is 1.38 bits per heavy atom. The Balaban J connectivity index is 1.52. The molecule has 2 heterocycles. The molecule has 1 aromatic heterocycles. The number of amides is 1. The molecule has 0 radical (unpaired) electrons. The lowest BCUT2D eigenvalue weighted by atomic mass is 9.97. The summed E-state index contributed by atoms with van der Waals surface area (Å²) in [6.07, 6.45) is -2.42. The van der Waals surface area contributed by atoms with Crippen LogP contribution in [-0.2, 0) is 12.7 Å². The van der Waals surface area contributed by atoms with Crippen LogP contribution < -0.4 is 5.32 Å². The van der Waals surface area contributed by atoms with Crippen LogP contribution in [0.25, 0.3) is 0 Å². The van der Waals surface area contributed by atoms with Crippen molar-refractivity contribution in [2.75, 3.05) is 19.6 Å². The van der Waals surface area contributed by atoms with Crippen molar-refractivity contribution >= 4 is 17.2 Å². The van der Waals surface area contributed by atoms with Gasteiger partial charge >= 0.3 is 6.18 Å². The normalized spacial score (nSPS) is 18.7. The number of thiazole rings is 1. The summed E-state index contributed by atoms with van der Waals surface area (Å²) in [6.45, 7) is 3.10. The van der Waals surface area contributed by atoms with Crippen molar-refractivity contribution in [2.24, 2.45) is 5.92 Å². The lowest BCUT2D eigenvalue weighted by Gasteiger charge is -2.32. The minimum atomic E-state index is -4.45. The molecule has 1 aromatic carbocycles. The quantitative estimate of drug-likeness (QED) is 0.854. The Labute approximate surface area is 154 Å². The van der Waals surface area contributed by atoms with Gasteiger partial charge in [-0.2, -0.15) is 13.2 Å². The smallest absolute Gasteiger partial charge is 0.352 e. The molecule has 26 heavy (non-hydrogen) atoms. The molecular formula is C18H20F3N3OS. The first-order chi connectivity index (χ1) is 12.4. The van der Waals surface area contributed by atoms with E-state index in [0.717, 1.165) is 50.3 Å². The highest BCUT2D eigenvalue weighted by atomic mass is 32.1. The van der Waals surface area contributed by atoms with Gasteiger partial charge < -0.3 is 5.32 Å². The van der Waals surface area contributed by atoms with E-state index in [9.17, 15) is 18.0 Å². The van der Waals surface area contributed by atoms with Crippen LogP contribution in [-0.4, -0.2) is 35.4 Å². The third kappa shape index (κ3) is 5.04. The molecule has 0 bridgehead atoms. The number of hydrogen-bond donors (Lipinski definition) is 1. The average Bonchev–Trinajstić information content (AvgIpc) is 3.12. The zero-order valence-corrected chi connectivity index (χ0v) is 14.9. The summed E-state index contributed by atoms with van der Waals surface area (Å²) >= 11 is 1.57. The number of benzene rings is 1. The van der Waals surface area contributed by atoms with Crippen LogP contribution in [0.1, 0.15) is 34.5 Å². The van der Waals surface area contributed by atoms with E-state index < -0.39 is 17.6 Å². The molecule has 1 atom stereocenters. The molecule has 0 spiro atoms. The number of hydrogen-bond acceptors (Lipinski definition) is 4. The predicted molar refractivity (Wildman–Crippen MR) is 93.9 cm³/mol. The van der Waals surface area contributed by atoms with Crippen LogP contribution >= 0.6 is 11.3 Å². The maximum atomic E-state index is 12.8. The minimum Gasteiger partial charge on any atom is -0.352 e. The molecule has 1 fully saturated rings. The second-order valence-electron chi connectivity index (χ2n) is 6.51. The Bertz CT molecular complexity index is 734. The van der Waals surface area contributed by atoms with Crippen molar-refractivity contribution in [3.63, 3.8) is 0 Å². The maximum absolute atomic E-state index is 12.8. The Hall–Kier alpha value is -1.93. The summed E-state index contributed by atoms with van der Waals surface area (Å²) in [4.78, 5) is 18.8. The Morgan fingerprint density at radius 2 is 2.23 bits per heavy atom. The number of piperidine rings is 1. The second-order valence-corrected chi connectivity index (χ2v) is 7.23. The third-order valence-corrected chi connectivity index (χ3v) is 5.11. The van der Waals surface area contributed by atoms with Crippen molar-refractivity contribution in [3.05, 3.63) is 52.0 Å². The van der Waals surface area contributed by atoms with Gasteiger partial charge in [0, 0.05) is 30.6 Å². The molecule has 1 amide bonds. The molecule has 1 unspecified atom stereocenters. The topological polar surface area (TPSA) is 45.2 Å². The monoisotopic (exact) mass is 383 g/mol. The van der Waals surface area contributed by atoms with E-state index in [1.165, 1.54) is 12.1 Å². The second kappa shape index (κ2) is 8.18. The average molecular weight is 383 g/mol. The van der Waals surface area contributed by atoms with Gasteiger partial charge in [0.2, 0.25) is 0 Å². The first kappa shape index (κ1) is 18.8. The molecule has 0 saturated carbocycles. The van der Waals surface area contributed by atoms with Crippen LogP contribution in [0, 0.1) is 5.92 Å². The lowest BCUT2D eigenvalue weighted by molar-refractivity contribution is -0.137. The summed E-state index contributed by atoms with van der Waals surface area (Å²) in [6, 6.07) is 4.52. The fourth-order valence-electron chi connectivity index (χ4n) is 3.18. The van der Waals surface area contributed by atoms with E-state index in [0.29, 0.717) is 6.54 Å². The molecule has 2 aromatic rings. The fraction of sp³-hybridized carbons (Fsp3) is 0.444. The number of nitrogens with zero attached hydrogens (tertiary/aromatic N) is 2. The van der Waals surface area contributed by atoms with Gasteiger partial charge in [-0.15, -0.1) is 11.3 Å². The van der Waals surface area contributed by atoms with E-state index in [1.54, 1.807) is 11.3 Å². The van der Waals surface area contributed by atoms with E-state index in [2.05, 4.69) is 15.2 Å². The molecule has 1 aliphatic heterocycles. The van der Waals surface area contributed by atoms with Gasteiger partial charge in [0.15, 0.2) is 0 Å². The largest absolute Gasteiger partial charge is 0.416 e. The fourth-order valence-corrected chi connectivity index (χ4v) is 3.73. The molecule has 1 N–H and O–H groups in total. The van der Waals surface area contributed by atoms with E-state index in [-0.39, 0.29) is 11.5 Å². The predicted octanol–water partition coefficient (Wildman–Crippen LogP) is 3.80. The van der Waals surface area contributed by atoms with Crippen LogP contribution in [0.2, 0.25) is 0 Å². The molecule has 4 nitrogen and oxygen atoms in total. The number of carbonyl (C=O) groups is 1. The molecule has 1 aliphatic rings. The maximum Gasteiger partial charge on any atom is 0.416 e. The van der Waals surface area contributed by atoms with Gasteiger partial charge in [0.1, 0.15) is 0 Å². The highest BCUT2D eigenvalue weighted by molar-refractivity contribution is 7.07. The highest BCUT2D eigenvalue weighted by Crippen LogP contribution is 2.29.